The van der Waals surface area contributed by atoms with E-state index in [4.69, 9.17) is 9.47 Å². The molecule has 0 radical (unpaired) electrons. The van der Waals surface area contributed by atoms with Gasteiger partial charge in [-0.3, -0.25) is 0 Å². The van der Waals surface area contributed by atoms with Gasteiger partial charge in [0.2, 0.25) is 0 Å². The monoisotopic (exact) mass is 264 g/mol. The predicted molar refractivity (Wildman–Crippen MR) is 72.7 cm³/mol. The number of hydrogen-bond donors (Lipinski definition) is 1. The molecule has 0 amide bonds. The average molecular weight is 264 g/mol. The Morgan fingerprint density at radius 2 is 1.78 bits per heavy atom. The molecule has 0 aliphatic rings. The molecule has 0 aliphatic heterocycles. The predicted octanol–water partition coefficient (Wildman–Crippen LogP) is 3.16. The number of rotatable bonds is 4. The van der Waals surface area contributed by atoms with Crippen LogP contribution in [0.1, 0.15) is 21.4 Å². The van der Waals surface area contributed by atoms with E-state index in [-0.39, 0.29) is 0 Å². The van der Waals surface area contributed by atoms with Gasteiger partial charge in [-0.15, -0.1) is 11.3 Å². The first-order chi connectivity index (χ1) is 8.65. The summed E-state index contributed by atoms with van der Waals surface area (Å²) >= 11 is 1.59. The van der Waals surface area contributed by atoms with E-state index < -0.39 is 6.10 Å². The minimum atomic E-state index is -0.622. The van der Waals surface area contributed by atoms with Crippen LogP contribution in [0.3, 0.4) is 0 Å². The van der Waals surface area contributed by atoms with E-state index in [0.717, 1.165) is 10.4 Å². The second kappa shape index (κ2) is 5.42. The van der Waals surface area contributed by atoms with Crippen molar-refractivity contribution in [1.82, 2.24) is 0 Å². The second-order valence-corrected chi connectivity index (χ2v) is 5.28. The number of benzene rings is 1. The SMILES string of the molecule is COc1ccc([C@@H](O)c2ccc(C)s2)cc1OC. The highest BCUT2D eigenvalue weighted by Gasteiger charge is 2.15. The lowest BCUT2D eigenvalue weighted by molar-refractivity contribution is 0.223. The van der Waals surface area contributed by atoms with Gasteiger partial charge in [0.1, 0.15) is 6.10 Å². The maximum atomic E-state index is 10.3. The maximum Gasteiger partial charge on any atom is 0.161 e. The number of methoxy groups -OCH3 is 2. The summed E-state index contributed by atoms with van der Waals surface area (Å²) in [6, 6.07) is 9.41. The van der Waals surface area contributed by atoms with Crippen molar-refractivity contribution in [2.75, 3.05) is 14.2 Å². The van der Waals surface area contributed by atoms with E-state index in [2.05, 4.69) is 0 Å². The zero-order chi connectivity index (χ0) is 13.1. The Labute approximate surface area is 111 Å². The summed E-state index contributed by atoms with van der Waals surface area (Å²) in [5, 5.41) is 10.3. The second-order valence-electron chi connectivity index (χ2n) is 3.97. The van der Waals surface area contributed by atoms with Crippen molar-refractivity contribution in [3.05, 3.63) is 45.6 Å². The topological polar surface area (TPSA) is 38.7 Å². The Hall–Kier alpha value is -1.52. The largest absolute Gasteiger partial charge is 0.493 e. The minimum Gasteiger partial charge on any atom is -0.493 e. The normalized spacial score (nSPS) is 12.2. The van der Waals surface area contributed by atoms with Crippen LogP contribution < -0.4 is 9.47 Å². The maximum absolute atomic E-state index is 10.3. The summed E-state index contributed by atoms with van der Waals surface area (Å²) in [5.41, 5.74) is 0.800. The van der Waals surface area contributed by atoms with Gasteiger partial charge in [0.15, 0.2) is 11.5 Å². The Balaban J connectivity index is 2.33. The van der Waals surface area contributed by atoms with Gasteiger partial charge in [-0.2, -0.15) is 0 Å². The zero-order valence-corrected chi connectivity index (χ0v) is 11.5. The molecule has 1 atom stereocenters. The summed E-state index contributed by atoms with van der Waals surface area (Å²) < 4.78 is 10.4. The molecular weight excluding hydrogens is 248 g/mol. The lowest BCUT2D eigenvalue weighted by Gasteiger charge is -2.13. The highest BCUT2D eigenvalue weighted by atomic mass is 32.1. The Bertz CT molecular complexity index is 534. The van der Waals surface area contributed by atoms with Gasteiger partial charge in [0, 0.05) is 9.75 Å². The molecule has 0 saturated heterocycles. The van der Waals surface area contributed by atoms with E-state index in [1.54, 1.807) is 37.7 Å². The minimum absolute atomic E-state index is 0.622. The van der Waals surface area contributed by atoms with E-state index in [1.165, 1.54) is 4.88 Å². The van der Waals surface area contributed by atoms with Crippen molar-refractivity contribution in [3.63, 3.8) is 0 Å². The fourth-order valence-electron chi connectivity index (χ4n) is 1.79. The van der Waals surface area contributed by atoms with Crippen molar-refractivity contribution in [2.45, 2.75) is 13.0 Å². The molecule has 1 N–H and O–H groups in total. The molecule has 1 heterocycles. The number of aliphatic hydroxyl groups excluding tert-OH is 1. The molecule has 2 rings (SSSR count). The Kier molecular flexibility index (Phi) is 3.89. The molecule has 4 heteroatoms. The summed E-state index contributed by atoms with van der Waals surface area (Å²) in [4.78, 5) is 2.12. The fraction of sp³-hybridized carbons (Fsp3) is 0.286. The molecule has 0 fully saturated rings. The van der Waals surface area contributed by atoms with Gasteiger partial charge in [0.25, 0.3) is 0 Å². The van der Waals surface area contributed by atoms with E-state index in [9.17, 15) is 5.11 Å². The average Bonchev–Trinajstić information content (AvgIpc) is 2.83. The summed E-state index contributed by atoms with van der Waals surface area (Å²) in [6.45, 7) is 2.02. The number of aryl methyl sites for hydroxylation is 1. The molecule has 1 aromatic heterocycles. The number of hydrogen-bond acceptors (Lipinski definition) is 4. The van der Waals surface area contributed by atoms with Crippen LogP contribution in [0.4, 0.5) is 0 Å². The van der Waals surface area contributed by atoms with Gasteiger partial charge in [0.05, 0.1) is 14.2 Å². The van der Waals surface area contributed by atoms with Crippen molar-refractivity contribution >= 4 is 11.3 Å². The van der Waals surface area contributed by atoms with Crippen LogP contribution in [0, 0.1) is 6.92 Å². The molecule has 96 valence electrons. The standard InChI is InChI=1S/C14H16O3S/c1-9-4-7-13(18-9)14(15)10-5-6-11(16-2)12(8-10)17-3/h4-8,14-15H,1-3H3/t14-/m1/s1. The third kappa shape index (κ3) is 2.49. The van der Waals surface area contributed by atoms with E-state index in [0.29, 0.717) is 11.5 Å². The smallest absolute Gasteiger partial charge is 0.161 e. The molecular formula is C14H16O3S. The van der Waals surface area contributed by atoms with Crippen LogP contribution in [0.15, 0.2) is 30.3 Å². The molecule has 0 unspecified atom stereocenters. The lowest BCUT2D eigenvalue weighted by atomic mass is 10.1. The van der Waals surface area contributed by atoms with Crippen LogP contribution >= 0.6 is 11.3 Å². The number of ether oxygens (including phenoxy) is 2. The molecule has 0 bridgehead atoms. The van der Waals surface area contributed by atoms with Crippen LogP contribution in [-0.2, 0) is 0 Å². The van der Waals surface area contributed by atoms with Gasteiger partial charge >= 0.3 is 0 Å². The van der Waals surface area contributed by atoms with E-state index >= 15 is 0 Å². The van der Waals surface area contributed by atoms with Crippen LogP contribution in [0.2, 0.25) is 0 Å². The molecule has 18 heavy (non-hydrogen) atoms. The zero-order valence-electron chi connectivity index (χ0n) is 10.6. The molecule has 1 aromatic carbocycles. The Morgan fingerprint density at radius 3 is 2.33 bits per heavy atom. The van der Waals surface area contributed by atoms with Crippen LogP contribution in [0.5, 0.6) is 11.5 Å². The van der Waals surface area contributed by atoms with Crippen molar-refractivity contribution < 1.29 is 14.6 Å². The first kappa shape index (κ1) is 12.9. The number of thiophene rings is 1. The highest BCUT2D eigenvalue weighted by Crippen LogP contribution is 2.34. The first-order valence-corrected chi connectivity index (χ1v) is 6.43. The Morgan fingerprint density at radius 1 is 1.06 bits per heavy atom. The van der Waals surface area contributed by atoms with Crippen LogP contribution in [-0.4, -0.2) is 19.3 Å². The molecule has 0 spiro atoms. The van der Waals surface area contributed by atoms with E-state index in [1.807, 2.05) is 25.1 Å². The van der Waals surface area contributed by atoms with Gasteiger partial charge in [-0.1, -0.05) is 6.07 Å². The third-order valence-corrected chi connectivity index (χ3v) is 3.81. The first-order valence-electron chi connectivity index (χ1n) is 5.62. The van der Waals surface area contributed by atoms with Crippen molar-refractivity contribution in [2.24, 2.45) is 0 Å². The molecule has 2 aromatic rings. The quantitative estimate of drug-likeness (QED) is 0.922. The molecule has 0 saturated carbocycles. The van der Waals surface area contributed by atoms with Gasteiger partial charge in [-0.25, -0.2) is 0 Å². The molecule has 0 aliphatic carbocycles. The van der Waals surface area contributed by atoms with Crippen LogP contribution in [0.25, 0.3) is 0 Å². The number of aliphatic hydroxyl groups is 1. The molecule has 3 nitrogen and oxygen atoms in total. The summed E-state index contributed by atoms with van der Waals surface area (Å²) in [5.74, 6) is 1.29. The van der Waals surface area contributed by atoms with Gasteiger partial charge < -0.3 is 14.6 Å². The lowest BCUT2D eigenvalue weighted by Crippen LogP contribution is -1.99. The highest BCUT2D eigenvalue weighted by molar-refractivity contribution is 7.12. The third-order valence-electron chi connectivity index (χ3n) is 2.75. The fourth-order valence-corrected chi connectivity index (χ4v) is 2.68. The van der Waals surface area contributed by atoms with Crippen molar-refractivity contribution in [1.29, 1.82) is 0 Å². The van der Waals surface area contributed by atoms with Gasteiger partial charge in [-0.05, 0) is 36.8 Å². The van der Waals surface area contributed by atoms with Crippen molar-refractivity contribution in [3.8, 4) is 11.5 Å². The summed E-state index contributed by atoms with van der Waals surface area (Å²) in [7, 11) is 3.18. The summed E-state index contributed by atoms with van der Waals surface area (Å²) in [6.07, 6.45) is -0.622.